The van der Waals surface area contributed by atoms with E-state index in [9.17, 15) is 0 Å². The van der Waals surface area contributed by atoms with Gasteiger partial charge in [-0.25, -0.2) is 0 Å². The number of nitrogens with zero attached hydrogens (tertiary/aromatic N) is 2. The van der Waals surface area contributed by atoms with Crippen molar-refractivity contribution in [2.24, 2.45) is 4.99 Å². The molecule has 0 aromatic heterocycles. The fourth-order valence-electron chi connectivity index (χ4n) is 1.96. The molecular formula is C14H22N4O. The van der Waals surface area contributed by atoms with Crippen molar-refractivity contribution in [3.05, 3.63) is 18.2 Å². The fraction of sp³-hybridized carbons (Fsp3) is 0.500. The number of fused-ring (bicyclic) bond motifs is 1. The summed E-state index contributed by atoms with van der Waals surface area (Å²) in [6, 6.07) is 5.64. The molecule has 1 aromatic carbocycles. The van der Waals surface area contributed by atoms with E-state index >= 15 is 0 Å². The maximum atomic E-state index is 5.95. The Hall–Kier alpha value is -1.75. The van der Waals surface area contributed by atoms with Crippen LogP contribution in [0.25, 0.3) is 0 Å². The Morgan fingerprint density at radius 3 is 2.89 bits per heavy atom. The summed E-state index contributed by atoms with van der Waals surface area (Å²) in [6.07, 6.45) is 0.860. The van der Waals surface area contributed by atoms with E-state index in [2.05, 4.69) is 22.1 Å². The van der Waals surface area contributed by atoms with Gasteiger partial charge in [0.2, 0.25) is 0 Å². The summed E-state index contributed by atoms with van der Waals surface area (Å²) in [5, 5.41) is 3.35. The number of likely N-dealkylation sites (N-methyl/N-ethyl adjacent to an activating group) is 1. The minimum atomic E-state index is -0.0172. The van der Waals surface area contributed by atoms with E-state index in [0.29, 0.717) is 5.69 Å². The van der Waals surface area contributed by atoms with Crippen molar-refractivity contribution in [1.29, 1.82) is 0 Å². The number of benzene rings is 1. The van der Waals surface area contributed by atoms with Crippen LogP contribution < -0.4 is 15.8 Å². The van der Waals surface area contributed by atoms with E-state index in [0.717, 1.165) is 36.8 Å². The lowest BCUT2D eigenvalue weighted by Crippen LogP contribution is -2.37. The number of amidine groups is 1. The highest BCUT2D eigenvalue weighted by molar-refractivity contribution is 6.02. The van der Waals surface area contributed by atoms with E-state index < -0.39 is 0 Å². The van der Waals surface area contributed by atoms with Gasteiger partial charge in [-0.3, -0.25) is 4.99 Å². The molecule has 0 bridgehead atoms. The zero-order valence-electron chi connectivity index (χ0n) is 11.8. The van der Waals surface area contributed by atoms with E-state index in [1.54, 1.807) is 0 Å². The Morgan fingerprint density at radius 2 is 2.21 bits per heavy atom. The second-order valence-electron chi connectivity index (χ2n) is 4.97. The molecule has 0 aliphatic carbocycles. The van der Waals surface area contributed by atoms with Crippen LogP contribution in [-0.2, 0) is 0 Å². The summed E-state index contributed by atoms with van der Waals surface area (Å²) < 4.78 is 5.95. The van der Waals surface area contributed by atoms with Crippen LogP contribution >= 0.6 is 0 Å². The SMILES string of the molecule is CCC1Oc2cc(N)ccc2NC1=NCCN(C)C. The van der Waals surface area contributed by atoms with Gasteiger partial charge in [-0.15, -0.1) is 0 Å². The van der Waals surface area contributed by atoms with Gasteiger partial charge < -0.3 is 20.7 Å². The highest BCUT2D eigenvalue weighted by Crippen LogP contribution is 2.32. The molecule has 0 radical (unpaired) electrons. The van der Waals surface area contributed by atoms with Crippen LogP contribution in [0.5, 0.6) is 5.75 Å². The third-order valence-electron chi connectivity index (χ3n) is 3.04. The fourth-order valence-corrected chi connectivity index (χ4v) is 1.96. The largest absolute Gasteiger partial charge is 0.480 e. The molecule has 0 fully saturated rings. The Morgan fingerprint density at radius 1 is 1.42 bits per heavy atom. The Balaban J connectivity index is 2.15. The monoisotopic (exact) mass is 262 g/mol. The van der Waals surface area contributed by atoms with Crippen LogP contribution in [0.1, 0.15) is 13.3 Å². The summed E-state index contributed by atoms with van der Waals surface area (Å²) in [7, 11) is 4.08. The number of rotatable bonds is 4. The maximum Gasteiger partial charge on any atom is 0.155 e. The molecule has 1 unspecified atom stereocenters. The maximum absolute atomic E-state index is 5.95. The van der Waals surface area contributed by atoms with Crippen molar-refractivity contribution >= 4 is 17.2 Å². The first-order valence-corrected chi connectivity index (χ1v) is 6.62. The van der Waals surface area contributed by atoms with Gasteiger partial charge in [0.15, 0.2) is 6.10 Å². The highest BCUT2D eigenvalue weighted by Gasteiger charge is 2.24. The molecule has 1 aliphatic rings. The molecule has 1 aromatic rings. The zero-order valence-corrected chi connectivity index (χ0v) is 11.8. The number of nitrogens with two attached hydrogens (primary N) is 1. The van der Waals surface area contributed by atoms with E-state index in [1.807, 2.05) is 32.3 Å². The van der Waals surface area contributed by atoms with E-state index in [4.69, 9.17) is 10.5 Å². The molecule has 1 aliphatic heterocycles. The quantitative estimate of drug-likeness (QED) is 0.812. The lowest BCUT2D eigenvalue weighted by molar-refractivity contribution is 0.258. The van der Waals surface area contributed by atoms with Gasteiger partial charge in [-0.05, 0) is 32.6 Å². The Labute approximate surface area is 114 Å². The third-order valence-corrected chi connectivity index (χ3v) is 3.04. The molecule has 0 saturated heterocycles. The third kappa shape index (κ3) is 3.38. The average molecular weight is 262 g/mol. The van der Waals surface area contributed by atoms with Crippen molar-refractivity contribution < 1.29 is 4.74 Å². The molecule has 104 valence electrons. The predicted octanol–water partition coefficient (Wildman–Crippen LogP) is 1.81. The normalized spacial score (nSPS) is 20.0. The average Bonchev–Trinajstić information content (AvgIpc) is 2.37. The molecule has 2 rings (SSSR count). The number of hydrogen-bond acceptors (Lipinski definition) is 4. The van der Waals surface area contributed by atoms with Crippen LogP contribution in [0.4, 0.5) is 11.4 Å². The minimum Gasteiger partial charge on any atom is -0.480 e. The first-order chi connectivity index (χ1) is 9.10. The lowest BCUT2D eigenvalue weighted by Gasteiger charge is -2.28. The predicted molar refractivity (Wildman–Crippen MR) is 80.0 cm³/mol. The summed E-state index contributed by atoms with van der Waals surface area (Å²) in [4.78, 5) is 6.72. The first-order valence-electron chi connectivity index (χ1n) is 6.62. The number of anilines is 2. The molecule has 0 amide bonds. The topological polar surface area (TPSA) is 62.9 Å². The lowest BCUT2D eigenvalue weighted by atomic mass is 10.1. The molecule has 19 heavy (non-hydrogen) atoms. The van der Waals surface area contributed by atoms with Crippen LogP contribution in [0.2, 0.25) is 0 Å². The molecule has 1 heterocycles. The number of nitrogen functional groups attached to an aromatic ring is 1. The smallest absolute Gasteiger partial charge is 0.155 e. The number of aliphatic imine (C=N–C) groups is 1. The molecule has 0 saturated carbocycles. The minimum absolute atomic E-state index is 0.0172. The van der Waals surface area contributed by atoms with Crippen LogP contribution in [-0.4, -0.2) is 44.0 Å². The highest BCUT2D eigenvalue weighted by atomic mass is 16.5. The van der Waals surface area contributed by atoms with Crippen LogP contribution in [0, 0.1) is 0 Å². The number of ether oxygens (including phenoxy) is 1. The van der Waals surface area contributed by atoms with Gasteiger partial charge in [0, 0.05) is 18.3 Å². The van der Waals surface area contributed by atoms with E-state index in [-0.39, 0.29) is 6.10 Å². The van der Waals surface area contributed by atoms with Crippen molar-refractivity contribution in [2.75, 3.05) is 38.2 Å². The summed E-state index contributed by atoms with van der Waals surface area (Å²) in [5.41, 5.74) is 7.42. The first kappa shape index (κ1) is 13.7. The standard InChI is InChI=1S/C14H22N4O/c1-4-12-14(16-7-8-18(2)3)17-11-6-5-10(15)9-13(11)19-12/h5-6,9,12H,4,7-8,15H2,1-3H3,(H,16,17). The van der Waals surface area contributed by atoms with Crippen molar-refractivity contribution in [3.8, 4) is 5.75 Å². The molecule has 3 N–H and O–H groups in total. The van der Waals surface area contributed by atoms with Gasteiger partial charge in [-0.1, -0.05) is 6.92 Å². The zero-order chi connectivity index (χ0) is 13.8. The van der Waals surface area contributed by atoms with Gasteiger partial charge in [-0.2, -0.15) is 0 Å². The second-order valence-corrected chi connectivity index (χ2v) is 4.97. The number of hydrogen-bond donors (Lipinski definition) is 2. The second kappa shape index (κ2) is 5.93. The van der Waals surface area contributed by atoms with Crippen LogP contribution in [0.15, 0.2) is 23.2 Å². The van der Waals surface area contributed by atoms with Gasteiger partial charge in [0.05, 0.1) is 12.2 Å². The molecule has 5 nitrogen and oxygen atoms in total. The van der Waals surface area contributed by atoms with Crippen LogP contribution in [0.3, 0.4) is 0 Å². The molecule has 5 heteroatoms. The summed E-state index contributed by atoms with van der Waals surface area (Å²) in [6.45, 7) is 3.78. The van der Waals surface area contributed by atoms with Gasteiger partial charge >= 0.3 is 0 Å². The molecular weight excluding hydrogens is 240 g/mol. The Kier molecular flexibility index (Phi) is 4.27. The van der Waals surface area contributed by atoms with Crippen molar-refractivity contribution in [1.82, 2.24) is 4.90 Å². The van der Waals surface area contributed by atoms with Crippen molar-refractivity contribution in [2.45, 2.75) is 19.4 Å². The summed E-state index contributed by atoms with van der Waals surface area (Å²) >= 11 is 0. The number of nitrogens with one attached hydrogen (secondary N) is 1. The van der Waals surface area contributed by atoms with Gasteiger partial charge in [0.1, 0.15) is 11.6 Å². The van der Waals surface area contributed by atoms with Crippen molar-refractivity contribution in [3.63, 3.8) is 0 Å². The molecule has 1 atom stereocenters. The molecule has 0 spiro atoms. The summed E-state index contributed by atoms with van der Waals surface area (Å²) in [5.74, 6) is 1.71. The Bertz CT molecular complexity index is 471. The van der Waals surface area contributed by atoms with E-state index in [1.165, 1.54) is 0 Å². The van der Waals surface area contributed by atoms with Gasteiger partial charge in [0.25, 0.3) is 0 Å².